The summed E-state index contributed by atoms with van der Waals surface area (Å²) in [5.74, 6) is -1.10. The maximum Gasteiger partial charge on any atom is 0.336 e. The molecule has 8 heteroatoms. The van der Waals surface area contributed by atoms with Crippen LogP contribution >= 0.6 is 0 Å². The van der Waals surface area contributed by atoms with Crippen LogP contribution < -0.4 is 16.6 Å². The molecule has 1 heterocycles. The van der Waals surface area contributed by atoms with Gasteiger partial charge in [-0.2, -0.15) is 0 Å². The lowest BCUT2D eigenvalue weighted by Crippen LogP contribution is -2.39. The predicted octanol–water partition coefficient (Wildman–Crippen LogP) is 4.66. The predicted molar refractivity (Wildman–Crippen MR) is 138 cm³/mol. The summed E-state index contributed by atoms with van der Waals surface area (Å²) in [4.78, 5) is 39.2. The number of para-hydroxylation sites is 1. The number of aromatic nitrogens is 2. The minimum Gasteiger partial charge on any atom is -0.326 e. The summed E-state index contributed by atoms with van der Waals surface area (Å²) in [5.41, 5.74) is 1.48. The van der Waals surface area contributed by atoms with E-state index in [0.29, 0.717) is 33.4 Å². The Morgan fingerprint density at radius 3 is 2.22 bits per heavy atom. The number of carbonyl (C=O) groups is 1. The molecular formula is C29H21F2N3O3. The Labute approximate surface area is 210 Å². The molecule has 0 saturated heterocycles. The van der Waals surface area contributed by atoms with E-state index >= 15 is 0 Å². The van der Waals surface area contributed by atoms with Gasteiger partial charge < -0.3 is 5.32 Å². The van der Waals surface area contributed by atoms with Crippen molar-refractivity contribution in [2.45, 2.75) is 13.0 Å². The van der Waals surface area contributed by atoms with Gasteiger partial charge in [0.05, 0.1) is 29.6 Å². The molecule has 1 amide bonds. The lowest BCUT2D eigenvalue weighted by molar-refractivity contribution is -0.115. The minimum atomic E-state index is -0.560. The van der Waals surface area contributed by atoms with Crippen molar-refractivity contribution in [3.8, 4) is 5.69 Å². The maximum absolute atomic E-state index is 13.8. The molecule has 0 bridgehead atoms. The number of benzene rings is 4. The quantitative estimate of drug-likeness (QED) is 0.371. The number of anilines is 1. The average Bonchev–Trinajstić information content (AvgIpc) is 2.89. The van der Waals surface area contributed by atoms with E-state index < -0.39 is 22.9 Å². The Balaban J connectivity index is 1.47. The van der Waals surface area contributed by atoms with E-state index in [-0.39, 0.29) is 18.9 Å². The average molecular weight is 498 g/mol. The third-order valence-corrected chi connectivity index (χ3v) is 5.97. The van der Waals surface area contributed by atoms with E-state index in [0.717, 1.165) is 4.57 Å². The zero-order valence-corrected chi connectivity index (χ0v) is 19.5. The van der Waals surface area contributed by atoms with Crippen LogP contribution in [0.4, 0.5) is 14.5 Å². The highest BCUT2D eigenvalue weighted by Gasteiger charge is 2.15. The highest BCUT2D eigenvalue weighted by molar-refractivity contribution is 5.92. The second-order valence-electron chi connectivity index (χ2n) is 8.55. The van der Waals surface area contributed by atoms with Crippen LogP contribution in [0.2, 0.25) is 0 Å². The first-order valence-corrected chi connectivity index (χ1v) is 11.5. The smallest absolute Gasteiger partial charge is 0.326 e. The molecule has 0 aliphatic rings. The number of halogens is 2. The summed E-state index contributed by atoms with van der Waals surface area (Å²) in [6.07, 6.45) is 0.0497. The second-order valence-corrected chi connectivity index (χ2v) is 8.55. The Morgan fingerprint density at radius 2 is 1.49 bits per heavy atom. The summed E-state index contributed by atoms with van der Waals surface area (Å²) in [5, 5.41) is 3.04. The molecule has 1 N–H and O–H groups in total. The molecule has 0 aliphatic heterocycles. The van der Waals surface area contributed by atoms with Crippen LogP contribution in [0, 0.1) is 11.6 Å². The van der Waals surface area contributed by atoms with Gasteiger partial charge in [-0.25, -0.2) is 18.1 Å². The topological polar surface area (TPSA) is 73.1 Å². The molecule has 0 atom stereocenters. The van der Waals surface area contributed by atoms with Crippen LogP contribution in [0.25, 0.3) is 16.6 Å². The van der Waals surface area contributed by atoms with Crippen LogP contribution in [0.1, 0.15) is 11.1 Å². The van der Waals surface area contributed by atoms with Crippen molar-refractivity contribution in [3.63, 3.8) is 0 Å². The summed E-state index contributed by atoms with van der Waals surface area (Å²) in [6.45, 7) is 0.0824. The van der Waals surface area contributed by atoms with Crippen LogP contribution in [-0.2, 0) is 17.8 Å². The summed E-state index contributed by atoms with van der Waals surface area (Å²) < 4.78 is 29.4. The standard InChI is InChI=1S/C29H21F2N3O3/c30-21-10-12-23(13-11-21)32-27(35)17-19-8-14-24(15-9-19)34-28(36)25-6-1-2-7-26(25)33(29(34)37)18-20-4-3-5-22(31)16-20/h1-16H,17-18H2,(H,32,35). The molecule has 184 valence electrons. The van der Waals surface area contributed by atoms with Gasteiger partial charge in [0.25, 0.3) is 5.56 Å². The Bertz CT molecular complexity index is 1720. The van der Waals surface area contributed by atoms with Gasteiger partial charge in [0.15, 0.2) is 0 Å². The first-order chi connectivity index (χ1) is 17.9. The van der Waals surface area contributed by atoms with Crippen molar-refractivity contribution in [1.82, 2.24) is 9.13 Å². The van der Waals surface area contributed by atoms with E-state index in [1.165, 1.54) is 41.0 Å². The molecule has 5 aromatic rings. The van der Waals surface area contributed by atoms with Crippen molar-refractivity contribution in [2.75, 3.05) is 5.32 Å². The minimum absolute atomic E-state index is 0.0497. The monoisotopic (exact) mass is 497 g/mol. The number of hydrogen-bond donors (Lipinski definition) is 1. The van der Waals surface area contributed by atoms with Gasteiger partial charge in [-0.15, -0.1) is 0 Å². The summed E-state index contributed by atoms with van der Waals surface area (Å²) >= 11 is 0. The van der Waals surface area contributed by atoms with E-state index in [4.69, 9.17) is 0 Å². The molecule has 37 heavy (non-hydrogen) atoms. The molecule has 0 radical (unpaired) electrons. The molecule has 0 fully saturated rings. The van der Waals surface area contributed by atoms with Crippen LogP contribution in [0.3, 0.4) is 0 Å². The number of nitrogens with zero attached hydrogens (tertiary/aromatic N) is 2. The van der Waals surface area contributed by atoms with Crippen molar-refractivity contribution >= 4 is 22.5 Å². The number of hydrogen-bond acceptors (Lipinski definition) is 3. The molecule has 0 spiro atoms. The molecule has 6 nitrogen and oxygen atoms in total. The summed E-state index contributed by atoms with van der Waals surface area (Å²) in [7, 11) is 0. The van der Waals surface area contributed by atoms with E-state index in [2.05, 4.69) is 5.32 Å². The molecule has 4 aromatic carbocycles. The van der Waals surface area contributed by atoms with Gasteiger partial charge in [-0.1, -0.05) is 36.4 Å². The number of carbonyl (C=O) groups excluding carboxylic acids is 1. The van der Waals surface area contributed by atoms with Crippen molar-refractivity contribution in [1.29, 1.82) is 0 Å². The van der Waals surface area contributed by atoms with Gasteiger partial charge in [0.2, 0.25) is 5.91 Å². The maximum atomic E-state index is 13.8. The third kappa shape index (κ3) is 5.08. The Kier molecular flexibility index (Phi) is 6.47. The fourth-order valence-corrected chi connectivity index (χ4v) is 4.21. The zero-order valence-electron chi connectivity index (χ0n) is 19.5. The third-order valence-electron chi connectivity index (χ3n) is 5.97. The van der Waals surface area contributed by atoms with Gasteiger partial charge in [0, 0.05) is 5.69 Å². The van der Waals surface area contributed by atoms with E-state index in [9.17, 15) is 23.2 Å². The molecule has 0 aliphatic carbocycles. The van der Waals surface area contributed by atoms with Gasteiger partial charge in [0.1, 0.15) is 11.6 Å². The van der Waals surface area contributed by atoms with E-state index in [1.807, 2.05) is 0 Å². The molecule has 5 rings (SSSR count). The van der Waals surface area contributed by atoms with Crippen molar-refractivity contribution in [3.05, 3.63) is 141 Å². The van der Waals surface area contributed by atoms with Crippen LogP contribution in [-0.4, -0.2) is 15.0 Å². The number of nitrogens with one attached hydrogen (secondary N) is 1. The van der Waals surface area contributed by atoms with Crippen molar-refractivity contribution in [2.24, 2.45) is 0 Å². The SMILES string of the molecule is O=C(Cc1ccc(-n2c(=O)c3ccccc3n(Cc3cccc(F)c3)c2=O)cc1)Nc1ccc(F)cc1. The van der Waals surface area contributed by atoms with E-state index in [1.54, 1.807) is 60.7 Å². The highest BCUT2D eigenvalue weighted by atomic mass is 19.1. The van der Waals surface area contributed by atoms with Gasteiger partial charge in [-0.05, 0) is 71.8 Å². The largest absolute Gasteiger partial charge is 0.336 e. The highest BCUT2D eigenvalue weighted by Crippen LogP contribution is 2.15. The second kappa shape index (κ2) is 10.0. The first kappa shape index (κ1) is 23.9. The number of fused-ring (bicyclic) bond motifs is 1. The molecule has 0 unspecified atom stereocenters. The first-order valence-electron chi connectivity index (χ1n) is 11.5. The molecule has 1 aromatic heterocycles. The lowest BCUT2D eigenvalue weighted by atomic mass is 10.1. The fraction of sp³-hybridized carbons (Fsp3) is 0.0690. The van der Waals surface area contributed by atoms with Crippen LogP contribution in [0.15, 0.2) is 107 Å². The van der Waals surface area contributed by atoms with Crippen LogP contribution in [0.5, 0.6) is 0 Å². The normalized spacial score (nSPS) is 11.0. The van der Waals surface area contributed by atoms with Crippen molar-refractivity contribution < 1.29 is 13.6 Å². The summed E-state index contributed by atoms with van der Waals surface area (Å²) in [6, 6.07) is 24.7. The molecule has 0 saturated carbocycles. The fourth-order valence-electron chi connectivity index (χ4n) is 4.21. The molecular weight excluding hydrogens is 476 g/mol. The lowest BCUT2D eigenvalue weighted by Gasteiger charge is -2.15. The Hall–Kier alpha value is -4.85. The Morgan fingerprint density at radius 1 is 0.757 bits per heavy atom. The van der Waals surface area contributed by atoms with Gasteiger partial charge >= 0.3 is 5.69 Å². The van der Waals surface area contributed by atoms with Gasteiger partial charge in [-0.3, -0.25) is 14.2 Å². The zero-order chi connectivity index (χ0) is 25.9. The number of rotatable bonds is 6. The number of amides is 1.